The van der Waals surface area contributed by atoms with Gasteiger partial charge in [-0.25, -0.2) is 17.5 Å². The highest BCUT2D eigenvalue weighted by Crippen LogP contribution is 2.25. The van der Waals surface area contributed by atoms with E-state index in [2.05, 4.69) is 15.0 Å². The van der Waals surface area contributed by atoms with Gasteiger partial charge in [0.15, 0.2) is 5.96 Å². The summed E-state index contributed by atoms with van der Waals surface area (Å²) in [6.07, 6.45) is -0.280. The maximum Gasteiger partial charge on any atom is 0.213 e. The van der Waals surface area contributed by atoms with Crippen LogP contribution in [0, 0.1) is 5.82 Å². The quantitative estimate of drug-likeness (QED) is 0.502. The molecular weight excluding hydrogens is 419 g/mol. The highest BCUT2D eigenvalue weighted by molar-refractivity contribution is 7.89. The zero-order valence-electron chi connectivity index (χ0n) is 17.8. The topological polar surface area (TPSA) is 83.0 Å². The molecule has 1 saturated heterocycles. The molecule has 0 aliphatic carbocycles. The number of rotatable bonds is 7. The van der Waals surface area contributed by atoms with Gasteiger partial charge in [0, 0.05) is 26.7 Å². The van der Waals surface area contributed by atoms with Gasteiger partial charge < -0.3 is 15.0 Å². The number of sulfonamides is 1. The Morgan fingerprint density at radius 1 is 1.16 bits per heavy atom. The first-order chi connectivity index (χ1) is 14.9. The molecule has 2 aromatic rings. The monoisotopic (exact) mass is 448 g/mol. The molecule has 31 heavy (non-hydrogen) atoms. The normalized spacial score (nSPS) is 20.0. The summed E-state index contributed by atoms with van der Waals surface area (Å²) < 4.78 is 46.5. The van der Waals surface area contributed by atoms with Crippen LogP contribution in [0.3, 0.4) is 0 Å². The first kappa shape index (κ1) is 23.2. The van der Waals surface area contributed by atoms with Crippen molar-refractivity contribution in [2.45, 2.75) is 25.7 Å². The molecule has 2 aromatic carbocycles. The number of halogens is 1. The third-order valence-corrected chi connectivity index (χ3v) is 6.33. The van der Waals surface area contributed by atoms with Crippen LogP contribution in [0.4, 0.5) is 4.39 Å². The molecule has 9 heteroatoms. The molecule has 0 aromatic heterocycles. The second-order valence-corrected chi connectivity index (χ2v) is 9.42. The highest BCUT2D eigenvalue weighted by Gasteiger charge is 2.28. The molecular formula is C22H29FN4O3S. The van der Waals surface area contributed by atoms with E-state index in [1.165, 1.54) is 12.1 Å². The number of nitrogens with one attached hydrogen (secondary N) is 2. The lowest BCUT2D eigenvalue weighted by Gasteiger charge is -2.38. The van der Waals surface area contributed by atoms with Crippen molar-refractivity contribution in [2.75, 3.05) is 32.4 Å². The van der Waals surface area contributed by atoms with Crippen LogP contribution in [0.2, 0.25) is 0 Å². The Morgan fingerprint density at radius 3 is 2.55 bits per heavy atom. The average Bonchev–Trinajstić information content (AvgIpc) is 2.76. The van der Waals surface area contributed by atoms with E-state index in [-0.39, 0.29) is 36.9 Å². The Kier molecular flexibility index (Phi) is 8.00. The van der Waals surface area contributed by atoms with Gasteiger partial charge in [-0.05, 0) is 30.2 Å². The predicted octanol–water partition coefficient (Wildman–Crippen LogP) is 2.28. The molecule has 168 valence electrons. The third kappa shape index (κ3) is 7.02. The van der Waals surface area contributed by atoms with Crippen LogP contribution < -0.4 is 10.0 Å². The molecule has 2 atom stereocenters. The predicted molar refractivity (Wildman–Crippen MR) is 120 cm³/mol. The Balaban J connectivity index is 1.53. The smallest absolute Gasteiger partial charge is 0.213 e. The van der Waals surface area contributed by atoms with E-state index in [9.17, 15) is 12.8 Å². The number of ether oxygens (including phenoxy) is 1. The van der Waals surface area contributed by atoms with Gasteiger partial charge in [-0.3, -0.25) is 4.99 Å². The minimum Gasteiger partial charge on any atom is -0.367 e. The van der Waals surface area contributed by atoms with Crippen LogP contribution in [0.1, 0.15) is 24.2 Å². The standard InChI is InChI=1S/C22H29FN4O3S/c1-17-15-27(16-21(30-17)19-8-10-20(23)11-9-19)22(24-2)25-12-13-31(28,29)26-14-18-6-4-3-5-7-18/h3-11,17,21,26H,12-16H2,1-2H3,(H,24,25). The summed E-state index contributed by atoms with van der Waals surface area (Å²) in [5.41, 5.74) is 1.80. The number of aliphatic imine (C=N–C) groups is 1. The van der Waals surface area contributed by atoms with Gasteiger partial charge in [0.1, 0.15) is 11.9 Å². The minimum absolute atomic E-state index is 0.0568. The summed E-state index contributed by atoms with van der Waals surface area (Å²) in [5.74, 6) is 0.254. The van der Waals surface area contributed by atoms with Crippen LogP contribution in [-0.2, 0) is 21.3 Å². The fourth-order valence-electron chi connectivity index (χ4n) is 3.48. The zero-order chi connectivity index (χ0) is 22.3. The molecule has 2 N–H and O–H groups in total. The molecule has 1 fully saturated rings. The van der Waals surface area contributed by atoms with Gasteiger partial charge in [-0.15, -0.1) is 0 Å². The number of nitrogens with zero attached hydrogens (tertiary/aromatic N) is 2. The van der Waals surface area contributed by atoms with Crippen molar-refractivity contribution in [2.24, 2.45) is 4.99 Å². The molecule has 0 spiro atoms. The summed E-state index contributed by atoms with van der Waals surface area (Å²) in [6, 6.07) is 15.7. The van der Waals surface area contributed by atoms with Crippen molar-refractivity contribution in [3.8, 4) is 0 Å². The Morgan fingerprint density at radius 2 is 1.87 bits per heavy atom. The maximum atomic E-state index is 13.2. The largest absolute Gasteiger partial charge is 0.367 e. The summed E-state index contributed by atoms with van der Waals surface area (Å²) in [4.78, 5) is 6.34. The second-order valence-electron chi connectivity index (χ2n) is 7.49. The maximum absolute atomic E-state index is 13.2. The summed E-state index contributed by atoms with van der Waals surface area (Å²) in [6.45, 7) is 3.61. The average molecular weight is 449 g/mol. The van der Waals surface area contributed by atoms with Crippen LogP contribution in [0.25, 0.3) is 0 Å². The van der Waals surface area contributed by atoms with Gasteiger partial charge in [-0.2, -0.15) is 0 Å². The van der Waals surface area contributed by atoms with E-state index in [1.54, 1.807) is 19.2 Å². The Bertz CT molecular complexity index is 968. The SMILES string of the molecule is CN=C(NCCS(=O)(=O)NCc1ccccc1)N1CC(C)OC(c2ccc(F)cc2)C1. The van der Waals surface area contributed by atoms with Gasteiger partial charge >= 0.3 is 0 Å². The van der Waals surface area contributed by atoms with Crippen LogP contribution in [0.15, 0.2) is 59.6 Å². The molecule has 0 saturated carbocycles. The molecule has 0 amide bonds. The van der Waals surface area contributed by atoms with Crippen LogP contribution in [0.5, 0.6) is 0 Å². The number of guanidine groups is 1. The summed E-state index contributed by atoms with van der Waals surface area (Å²) in [7, 11) is -1.77. The molecule has 1 aliphatic heterocycles. The molecule has 7 nitrogen and oxygen atoms in total. The third-order valence-electron chi connectivity index (χ3n) is 5.01. The van der Waals surface area contributed by atoms with E-state index in [4.69, 9.17) is 4.74 Å². The number of hydrogen-bond donors (Lipinski definition) is 2. The van der Waals surface area contributed by atoms with Gasteiger partial charge in [0.05, 0.1) is 18.4 Å². The van der Waals surface area contributed by atoms with Crippen LogP contribution >= 0.6 is 0 Å². The molecule has 0 radical (unpaired) electrons. The van der Waals surface area contributed by atoms with E-state index in [0.29, 0.717) is 19.0 Å². The van der Waals surface area contributed by atoms with Crippen molar-refractivity contribution in [3.63, 3.8) is 0 Å². The molecule has 2 unspecified atom stereocenters. The van der Waals surface area contributed by atoms with Crippen molar-refractivity contribution in [1.29, 1.82) is 0 Å². The van der Waals surface area contributed by atoms with E-state index >= 15 is 0 Å². The second kappa shape index (κ2) is 10.7. The summed E-state index contributed by atoms with van der Waals surface area (Å²) >= 11 is 0. The molecule has 0 bridgehead atoms. The van der Waals surface area contributed by atoms with Crippen molar-refractivity contribution >= 4 is 16.0 Å². The van der Waals surface area contributed by atoms with E-state index in [0.717, 1.165) is 11.1 Å². The number of benzene rings is 2. The molecule has 1 heterocycles. The van der Waals surface area contributed by atoms with Crippen molar-refractivity contribution < 1.29 is 17.5 Å². The first-order valence-electron chi connectivity index (χ1n) is 10.2. The fraction of sp³-hybridized carbons (Fsp3) is 0.409. The fourth-order valence-corrected chi connectivity index (χ4v) is 4.38. The first-order valence-corrected chi connectivity index (χ1v) is 11.9. The zero-order valence-corrected chi connectivity index (χ0v) is 18.6. The number of hydrogen-bond acceptors (Lipinski definition) is 4. The van der Waals surface area contributed by atoms with Crippen molar-refractivity contribution in [1.82, 2.24) is 14.9 Å². The lowest BCUT2D eigenvalue weighted by molar-refractivity contribution is -0.0604. The van der Waals surface area contributed by atoms with E-state index < -0.39 is 10.0 Å². The lowest BCUT2D eigenvalue weighted by atomic mass is 10.1. The Hall–Kier alpha value is -2.49. The lowest BCUT2D eigenvalue weighted by Crippen LogP contribution is -2.51. The summed E-state index contributed by atoms with van der Waals surface area (Å²) in [5, 5.41) is 3.14. The molecule has 1 aliphatic rings. The van der Waals surface area contributed by atoms with Gasteiger partial charge in [0.25, 0.3) is 0 Å². The highest BCUT2D eigenvalue weighted by atomic mass is 32.2. The van der Waals surface area contributed by atoms with Crippen molar-refractivity contribution in [3.05, 3.63) is 71.5 Å². The van der Waals surface area contributed by atoms with E-state index in [1.807, 2.05) is 42.2 Å². The minimum atomic E-state index is -3.43. The van der Waals surface area contributed by atoms with Gasteiger partial charge in [-0.1, -0.05) is 42.5 Å². The number of morpholine rings is 1. The van der Waals surface area contributed by atoms with Gasteiger partial charge in [0.2, 0.25) is 10.0 Å². The van der Waals surface area contributed by atoms with Crippen LogP contribution in [-0.4, -0.2) is 57.8 Å². The molecule has 3 rings (SSSR count). The Labute approximate surface area is 183 Å².